The van der Waals surface area contributed by atoms with Gasteiger partial charge >= 0.3 is 0 Å². The monoisotopic (exact) mass is 402 g/mol. The van der Waals surface area contributed by atoms with Gasteiger partial charge in [-0.3, -0.25) is 9.59 Å². The zero-order valence-electron chi connectivity index (χ0n) is 17.8. The molecular weight excluding hydrogens is 372 g/mol. The molecule has 0 radical (unpaired) electrons. The van der Waals surface area contributed by atoms with Crippen molar-refractivity contribution in [2.75, 3.05) is 13.1 Å². The minimum Gasteiger partial charge on any atom is -0.340 e. The summed E-state index contributed by atoms with van der Waals surface area (Å²) in [7, 11) is 0. The lowest BCUT2D eigenvalue weighted by molar-refractivity contribution is -0.147. The Morgan fingerprint density at radius 1 is 0.933 bits per heavy atom. The van der Waals surface area contributed by atoms with E-state index in [1.54, 1.807) is 11.8 Å². The van der Waals surface area contributed by atoms with Crippen LogP contribution in [-0.4, -0.2) is 40.7 Å². The maximum Gasteiger partial charge on any atom is 0.245 e. The second-order valence-electron chi connectivity index (χ2n) is 9.29. The molecule has 2 unspecified atom stereocenters. The molecule has 3 aliphatic rings. The van der Waals surface area contributed by atoms with Crippen LogP contribution >= 0.6 is 0 Å². The quantitative estimate of drug-likeness (QED) is 0.727. The highest BCUT2D eigenvalue weighted by molar-refractivity contribution is 5.88. The lowest BCUT2D eigenvalue weighted by Gasteiger charge is -2.48. The molecule has 4 nitrogen and oxygen atoms in total. The Balaban J connectivity index is 1.43. The summed E-state index contributed by atoms with van der Waals surface area (Å²) in [5, 5.41) is 0. The minimum absolute atomic E-state index is 0.0161. The van der Waals surface area contributed by atoms with E-state index in [4.69, 9.17) is 0 Å². The van der Waals surface area contributed by atoms with Crippen molar-refractivity contribution in [2.24, 2.45) is 0 Å². The van der Waals surface area contributed by atoms with Gasteiger partial charge in [0.2, 0.25) is 11.8 Å². The van der Waals surface area contributed by atoms with Gasteiger partial charge in [0.25, 0.3) is 0 Å². The number of rotatable bonds is 1. The topological polar surface area (TPSA) is 40.6 Å². The highest BCUT2D eigenvalue weighted by Crippen LogP contribution is 2.44. The van der Waals surface area contributed by atoms with E-state index < -0.39 is 0 Å². The average Bonchev–Trinajstić information content (AvgIpc) is 2.78. The molecule has 1 spiro atoms. The molecule has 2 amide bonds. The molecule has 4 heteroatoms. The van der Waals surface area contributed by atoms with Crippen LogP contribution in [0, 0.1) is 0 Å². The third-order valence-electron chi connectivity index (χ3n) is 7.52. The Morgan fingerprint density at radius 3 is 2.43 bits per heavy atom. The number of fused-ring (bicyclic) bond motifs is 3. The van der Waals surface area contributed by atoms with Crippen molar-refractivity contribution in [1.29, 1.82) is 0 Å². The second kappa shape index (κ2) is 7.57. The van der Waals surface area contributed by atoms with Crippen LogP contribution in [0.5, 0.6) is 0 Å². The molecule has 1 fully saturated rings. The van der Waals surface area contributed by atoms with E-state index in [0.29, 0.717) is 13.0 Å². The fraction of sp³-hybridized carbons (Fsp3) is 0.462. The molecule has 2 atom stereocenters. The molecule has 30 heavy (non-hydrogen) atoms. The van der Waals surface area contributed by atoms with E-state index in [9.17, 15) is 9.59 Å². The third-order valence-corrected chi connectivity index (χ3v) is 7.52. The highest BCUT2D eigenvalue weighted by atomic mass is 16.2. The zero-order chi connectivity index (χ0) is 20.7. The number of amides is 2. The predicted octanol–water partition coefficient (Wildman–Crippen LogP) is 3.86. The molecule has 2 aromatic carbocycles. The van der Waals surface area contributed by atoms with Gasteiger partial charge in [0, 0.05) is 38.4 Å². The number of benzene rings is 2. The normalized spacial score (nSPS) is 25.6. The first-order chi connectivity index (χ1) is 14.6. The number of carbonyl (C=O) groups excluding carboxylic acids is 2. The molecule has 0 bridgehead atoms. The van der Waals surface area contributed by atoms with Crippen molar-refractivity contribution in [3.8, 4) is 0 Å². The van der Waals surface area contributed by atoms with E-state index in [0.717, 1.165) is 44.3 Å². The first kappa shape index (κ1) is 19.3. The standard InChI is InChI=1S/C26H30N2O2/c1-19(29)28-17-22-10-3-2-9-21(22)16-24(28)25(30)27-15-7-14-26(18-27)13-6-11-20-8-4-5-12-23(20)26/h2-5,8-10,12,24H,6-7,11,13-18H2,1H3. The van der Waals surface area contributed by atoms with Crippen LogP contribution in [0.4, 0.5) is 0 Å². The summed E-state index contributed by atoms with van der Waals surface area (Å²) in [6, 6.07) is 16.6. The molecule has 2 aromatic rings. The summed E-state index contributed by atoms with van der Waals surface area (Å²) in [6.07, 6.45) is 6.28. The maximum atomic E-state index is 13.7. The summed E-state index contributed by atoms with van der Waals surface area (Å²) in [6.45, 7) is 3.70. The maximum absolute atomic E-state index is 13.7. The van der Waals surface area contributed by atoms with Crippen LogP contribution in [0.1, 0.15) is 54.9 Å². The van der Waals surface area contributed by atoms with Gasteiger partial charge in [-0.2, -0.15) is 0 Å². The molecule has 2 aliphatic heterocycles. The van der Waals surface area contributed by atoms with Crippen LogP contribution in [-0.2, 0) is 34.4 Å². The molecule has 156 valence electrons. The Kier molecular flexibility index (Phi) is 4.88. The van der Waals surface area contributed by atoms with E-state index in [-0.39, 0.29) is 23.3 Å². The zero-order valence-corrected chi connectivity index (χ0v) is 17.8. The minimum atomic E-state index is -0.383. The molecule has 1 aliphatic carbocycles. The summed E-state index contributed by atoms with van der Waals surface area (Å²) in [5.41, 5.74) is 5.34. The largest absolute Gasteiger partial charge is 0.340 e. The number of likely N-dealkylation sites (tertiary alicyclic amines) is 1. The molecular formula is C26H30N2O2. The highest BCUT2D eigenvalue weighted by Gasteiger charge is 2.44. The summed E-state index contributed by atoms with van der Waals surface area (Å²) >= 11 is 0. The summed E-state index contributed by atoms with van der Waals surface area (Å²) in [5.74, 6) is 0.111. The third kappa shape index (κ3) is 3.23. The Hall–Kier alpha value is -2.62. The second-order valence-corrected chi connectivity index (χ2v) is 9.29. The van der Waals surface area contributed by atoms with Crippen molar-refractivity contribution in [3.05, 3.63) is 70.8 Å². The van der Waals surface area contributed by atoms with Gasteiger partial charge in [0.05, 0.1) is 0 Å². The van der Waals surface area contributed by atoms with Gasteiger partial charge < -0.3 is 9.80 Å². The van der Waals surface area contributed by atoms with Crippen LogP contribution in [0.2, 0.25) is 0 Å². The van der Waals surface area contributed by atoms with Gasteiger partial charge in [0.15, 0.2) is 0 Å². The average molecular weight is 403 g/mol. The first-order valence-corrected chi connectivity index (χ1v) is 11.3. The van der Waals surface area contributed by atoms with Crippen molar-refractivity contribution in [2.45, 2.75) is 63.5 Å². The Labute approximate surface area is 178 Å². The Morgan fingerprint density at radius 2 is 1.63 bits per heavy atom. The number of aryl methyl sites for hydroxylation is 1. The molecule has 2 heterocycles. The number of nitrogens with zero attached hydrogens (tertiary/aromatic N) is 2. The number of hydrogen-bond donors (Lipinski definition) is 0. The van der Waals surface area contributed by atoms with Crippen LogP contribution < -0.4 is 0 Å². The molecule has 5 rings (SSSR count). The Bertz CT molecular complexity index is 985. The predicted molar refractivity (Wildman–Crippen MR) is 117 cm³/mol. The van der Waals surface area contributed by atoms with Crippen molar-refractivity contribution >= 4 is 11.8 Å². The van der Waals surface area contributed by atoms with E-state index >= 15 is 0 Å². The van der Waals surface area contributed by atoms with Crippen molar-refractivity contribution in [3.63, 3.8) is 0 Å². The van der Waals surface area contributed by atoms with Crippen LogP contribution in [0.15, 0.2) is 48.5 Å². The lowest BCUT2D eigenvalue weighted by atomic mass is 9.66. The van der Waals surface area contributed by atoms with Gasteiger partial charge in [-0.05, 0) is 54.4 Å². The summed E-state index contributed by atoms with van der Waals surface area (Å²) in [4.78, 5) is 30.0. The number of hydrogen-bond acceptors (Lipinski definition) is 2. The van der Waals surface area contributed by atoms with Crippen LogP contribution in [0.25, 0.3) is 0 Å². The smallest absolute Gasteiger partial charge is 0.245 e. The molecule has 0 aromatic heterocycles. The van der Waals surface area contributed by atoms with Gasteiger partial charge in [0.1, 0.15) is 6.04 Å². The first-order valence-electron chi connectivity index (χ1n) is 11.3. The van der Waals surface area contributed by atoms with Gasteiger partial charge in [-0.1, -0.05) is 48.5 Å². The van der Waals surface area contributed by atoms with Crippen molar-refractivity contribution < 1.29 is 9.59 Å². The van der Waals surface area contributed by atoms with Gasteiger partial charge in [-0.25, -0.2) is 0 Å². The number of piperidine rings is 1. The number of carbonyl (C=O) groups is 2. The fourth-order valence-electron chi connectivity index (χ4n) is 6.04. The van der Waals surface area contributed by atoms with E-state index in [2.05, 4.69) is 41.3 Å². The molecule has 0 saturated carbocycles. The van der Waals surface area contributed by atoms with Gasteiger partial charge in [-0.15, -0.1) is 0 Å². The molecule has 0 N–H and O–H groups in total. The van der Waals surface area contributed by atoms with E-state index in [1.807, 2.05) is 12.1 Å². The van der Waals surface area contributed by atoms with Crippen molar-refractivity contribution in [1.82, 2.24) is 9.80 Å². The van der Waals surface area contributed by atoms with E-state index in [1.165, 1.54) is 23.1 Å². The summed E-state index contributed by atoms with van der Waals surface area (Å²) < 4.78 is 0. The lowest BCUT2D eigenvalue weighted by Crippen LogP contribution is -2.57. The SMILES string of the molecule is CC(=O)N1Cc2ccccc2CC1C(=O)N1CCCC2(CCCc3ccccc32)C1. The fourth-order valence-corrected chi connectivity index (χ4v) is 6.04. The molecule has 1 saturated heterocycles. The van der Waals surface area contributed by atoms with Crippen LogP contribution in [0.3, 0.4) is 0 Å².